The molecule has 0 aliphatic rings. The molecule has 50 heavy (non-hydrogen) atoms. The molecular weight excluding hydrogens is 673 g/mol. The summed E-state index contributed by atoms with van der Waals surface area (Å²) in [5.74, 6) is 0.618. The van der Waals surface area contributed by atoms with E-state index in [1.165, 1.54) is 6.33 Å². The van der Waals surface area contributed by atoms with Crippen LogP contribution in [0.2, 0.25) is 5.02 Å². The van der Waals surface area contributed by atoms with Gasteiger partial charge in [0.2, 0.25) is 5.91 Å². The SMILES string of the molecule is CC/C=C\C/C=C\C/C=C\C/C=C\C/C=C\CCCC(=O)NCCNP(=O)(CO[C@H](C)Cn1cnc2c(N)ncnc21)Oc1ccc(Cl)cc1. The lowest BCUT2D eigenvalue weighted by Crippen LogP contribution is -2.32. The number of nitrogens with one attached hydrogen (secondary N) is 2. The normalized spacial score (nSPS) is 14.1. The zero-order valence-corrected chi connectivity index (χ0v) is 30.8. The summed E-state index contributed by atoms with van der Waals surface area (Å²) in [4.78, 5) is 24.9. The van der Waals surface area contributed by atoms with Crippen molar-refractivity contribution in [2.45, 2.75) is 77.9 Å². The van der Waals surface area contributed by atoms with Crippen molar-refractivity contribution in [2.75, 3.05) is 25.2 Å². The van der Waals surface area contributed by atoms with Gasteiger partial charge in [0.05, 0.1) is 19.0 Å². The number of ether oxygens (including phenoxy) is 1. The number of anilines is 1. The Kier molecular flexibility index (Phi) is 18.9. The molecule has 0 aliphatic carbocycles. The number of hydrogen-bond acceptors (Lipinski definition) is 8. The number of rotatable bonds is 24. The lowest BCUT2D eigenvalue weighted by Gasteiger charge is -2.23. The van der Waals surface area contributed by atoms with Gasteiger partial charge in [-0.3, -0.25) is 9.36 Å². The number of nitrogens with two attached hydrogens (primary N) is 1. The Morgan fingerprint density at radius 3 is 2.24 bits per heavy atom. The fourth-order valence-corrected chi connectivity index (χ4v) is 6.32. The zero-order valence-electron chi connectivity index (χ0n) is 29.1. The lowest BCUT2D eigenvalue weighted by molar-refractivity contribution is -0.121. The van der Waals surface area contributed by atoms with Crippen molar-refractivity contribution in [2.24, 2.45) is 0 Å². The Balaban J connectivity index is 1.33. The van der Waals surface area contributed by atoms with Crippen molar-refractivity contribution in [3.05, 3.63) is 103 Å². The monoisotopic (exact) mass is 723 g/mol. The number of aromatic nitrogens is 4. The van der Waals surface area contributed by atoms with E-state index >= 15 is 0 Å². The molecule has 0 radical (unpaired) electrons. The third-order valence-corrected chi connectivity index (χ3v) is 9.16. The fourth-order valence-electron chi connectivity index (χ4n) is 4.62. The van der Waals surface area contributed by atoms with Crippen LogP contribution in [0.1, 0.15) is 65.2 Å². The third kappa shape index (κ3) is 16.1. The summed E-state index contributed by atoms with van der Waals surface area (Å²) >= 11 is 6.01. The molecule has 1 aromatic carbocycles. The van der Waals surface area contributed by atoms with Gasteiger partial charge in [-0.1, -0.05) is 79.3 Å². The quantitative estimate of drug-likeness (QED) is 0.0472. The Bertz CT molecular complexity index is 1640. The minimum atomic E-state index is -3.53. The molecular formula is C37H51ClN7O4P. The van der Waals surface area contributed by atoms with E-state index in [1.807, 2.05) is 6.92 Å². The van der Waals surface area contributed by atoms with Crippen molar-refractivity contribution in [1.82, 2.24) is 29.9 Å². The molecule has 0 aliphatic heterocycles. The van der Waals surface area contributed by atoms with Gasteiger partial charge < -0.3 is 24.9 Å². The van der Waals surface area contributed by atoms with Gasteiger partial charge in [0.1, 0.15) is 23.9 Å². The molecule has 3 aromatic rings. The minimum Gasteiger partial charge on any atom is -0.431 e. The first-order valence-electron chi connectivity index (χ1n) is 17.1. The van der Waals surface area contributed by atoms with Crippen LogP contribution in [0, 0.1) is 0 Å². The molecule has 4 N–H and O–H groups in total. The van der Waals surface area contributed by atoms with Gasteiger partial charge in [-0.25, -0.2) is 20.0 Å². The largest absolute Gasteiger partial charge is 0.431 e. The summed E-state index contributed by atoms with van der Waals surface area (Å²) in [6, 6.07) is 6.59. The van der Waals surface area contributed by atoms with Gasteiger partial charge in [0.25, 0.3) is 0 Å². The van der Waals surface area contributed by atoms with Gasteiger partial charge in [0, 0.05) is 24.5 Å². The van der Waals surface area contributed by atoms with Crippen LogP contribution in [-0.4, -0.2) is 51.0 Å². The van der Waals surface area contributed by atoms with Crippen molar-refractivity contribution >= 4 is 42.0 Å². The molecule has 0 bridgehead atoms. The molecule has 11 nitrogen and oxygen atoms in total. The summed E-state index contributed by atoms with van der Waals surface area (Å²) in [7, 11) is -3.53. The number of halogens is 1. The summed E-state index contributed by atoms with van der Waals surface area (Å²) in [6.07, 6.45) is 30.9. The minimum absolute atomic E-state index is 0.0607. The number of amides is 1. The molecule has 2 heterocycles. The van der Waals surface area contributed by atoms with Crippen LogP contribution in [0.4, 0.5) is 5.82 Å². The molecule has 0 spiro atoms. The number of carbonyl (C=O) groups is 1. The van der Waals surface area contributed by atoms with E-state index in [-0.39, 0.29) is 31.4 Å². The molecule has 0 fully saturated rings. The van der Waals surface area contributed by atoms with Crippen LogP contribution in [0.5, 0.6) is 5.75 Å². The predicted molar refractivity (Wildman–Crippen MR) is 204 cm³/mol. The number of carbonyl (C=O) groups excluding carboxylic acids is 1. The molecule has 2 aromatic heterocycles. The topological polar surface area (TPSA) is 146 Å². The zero-order chi connectivity index (χ0) is 35.9. The van der Waals surface area contributed by atoms with Crippen molar-refractivity contribution < 1.29 is 18.6 Å². The Morgan fingerprint density at radius 2 is 1.58 bits per heavy atom. The highest BCUT2D eigenvalue weighted by Crippen LogP contribution is 2.43. The summed E-state index contributed by atoms with van der Waals surface area (Å²) in [6.45, 7) is 4.90. The van der Waals surface area contributed by atoms with E-state index in [4.69, 9.17) is 26.6 Å². The van der Waals surface area contributed by atoms with Crippen LogP contribution < -0.4 is 20.7 Å². The molecule has 2 atom stereocenters. The maximum atomic E-state index is 13.8. The number of fused-ring (bicyclic) bond motifs is 1. The predicted octanol–water partition coefficient (Wildman–Crippen LogP) is 8.32. The number of benzene rings is 1. The first-order valence-corrected chi connectivity index (χ1v) is 19.3. The van der Waals surface area contributed by atoms with Gasteiger partial charge in [-0.15, -0.1) is 0 Å². The highest BCUT2D eigenvalue weighted by molar-refractivity contribution is 7.57. The number of hydrogen-bond donors (Lipinski definition) is 3. The van der Waals surface area contributed by atoms with E-state index < -0.39 is 7.52 Å². The average Bonchev–Trinajstić information content (AvgIpc) is 3.52. The van der Waals surface area contributed by atoms with Crippen LogP contribution in [0.25, 0.3) is 11.2 Å². The summed E-state index contributed by atoms with van der Waals surface area (Å²) < 4.78 is 27.5. The molecule has 13 heteroatoms. The molecule has 0 saturated carbocycles. The number of unbranched alkanes of at least 4 members (excludes halogenated alkanes) is 1. The van der Waals surface area contributed by atoms with E-state index in [0.29, 0.717) is 40.7 Å². The Labute approximate surface area is 301 Å². The molecule has 1 amide bonds. The van der Waals surface area contributed by atoms with Gasteiger partial charge in [-0.05, 0) is 76.1 Å². The van der Waals surface area contributed by atoms with Crippen LogP contribution in [0.3, 0.4) is 0 Å². The standard InChI is InChI=1S/C37H51ClN7O4P/c1-3-4-5-6-7-8-9-10-11-12-13-14-15-16-17-18-19-20-34(46)40-25-26-44-50(47,49-33-23-21-32(38)22-24-33)30-48-31(2)27-45-29-43-35-36(39)41-28-42-37(35)45/h4-5,7-8,10-11,13-14,16-17,21-24,28-29,31H,3,6,9,12,15,18-20,25-27,30H2,1-2H3,(H,40,46)(H,44,47)(H2,39,41,42)/b5-4-,8-7-,11-10-,14-13-,17-16-/t31-,50?/m1/s1. The van der Waals surface area contributed by atoms with Crippen LogP contribution in [-0.2, 0) is 20.6 Å². The van der Waals surface area contributed by atoms with Gasteiger partial charge in [-0.2, -0.15) is 0 Å². The second-order valence-corrected chi connectivity index (χ2v) is 14.1. The second-order valence-electron chi connectivity index (χ2n) is 11.5. The van der Waals surface area contributed by atoms with Gasteiger partial charge >= 0.3 is 7.52 Å². The molecule has 3 rings (SSSR count). The molecule has 0 saturated heterocycles. The van der Waals surface area contributed by atoms with Gasteiger partial charge in [0.15, 0.2) is 11.5 Å². The Morgan fingerprint density at radius 1 is 0.940 bits per heavy atom. The van der Waals surface area contributed by atoms with E-state index in [0.717, 1.165) is 44.9 Å². The number of nitrogen functional groups attached to an aromatic ring is 1. The first kappa shape index (κ1) is 40.4. The number of nitrogens with zero attached hydrogens (tertiary/aromatic N) is 4. The van der Waals surface area contributed by atoms with E-state index in [2.05, 4.69) is 93.0 Å². The van der Waals surface area contributed by atoms with Crippen molar-refractivity contribution in [3.63, 3.8) is 0 Å². The van der Waals surface area contributed by atoms with E-state index in [9.17, 15) is 9.36 Å². The van der Waals surface area contributed by atoms with E-state index in [1.54, 1.807) is 35.2 Å². The highest BCUT2D eigenvalue weighted by Gasteiger charge is 2.26. The van der Waals surface area contributed by atoms with Crippen LogP contribution >= 0.6 is 19.1 Å². The lowest BCUT2D eigenvalue weighted by atomic mass is 10.2. The molecule has 1 unspecified atom stereocenters. The number of imidazole rings is 1. The first-order chi connectivity index (χ1) is 24.3. The maximum Gasteiger partial charge on any atom is 0.341 e. The Hall–Kier alpha value is -4.02. The maximum absolute atomic E-state index is 13.8. The van der Waals surface area contributed by atoms with Crippen molar-refractivity contribution in [1.29, 1.82) is 0 Å². The average molecular weight is 724 g/mol. The van der Waals surface area contributed by atoms with Crippen LogP contribution in [0.15, 0.2) is 97.7 Å². The highest BCUT2D eigenvalue weighted by atomic mass is 35.5. The second kappa shape index (κ2) is 23.4. The van der Waals surface area contributed by atoms with Crippen molar-refractivity contribution in [3.8, 4) is 5.75 Å². The third-order valence-electron chi connectivity index (χ3n) is 7.21. The number of allylic oxidation sites excluding steroid dienone is 10. The summed E-state index contributed by atoms with van der Waals surface area (Å²) in [5, 5.41) is 6.38. The molecule has 270 valence electrons. The smallest absolute Gasteiger partial charge is 0.341 e. The summed E-state index contributed by atoms with van der Waals surface area (Å²) in [5.41, 5.74) is 6.99. The fraction of sp³-hybridized carbons (Fsp3) is 0.405.